The molecule has 138 valence electrons. The molecule has 1 fully saturated rings. The number of carbonyl (C=O) groups is 1. The fraction of sp³-hybridized carbons (Fsp3) is 0.429. The molecule has 1 amide bonds. The number of hydrogen-bond donors (Lipinski definition) is 0. The molecule has 0 atom stereocenters. The van der Waals surface area contributed by atoms with Gasteiger partial charge in [-0.2, -0.15) is 0 Å². The van der Waals surface area contributed by atoms with Gasteiger partial charge in [0.15, 0.2) is 0 Å². The number of anilines is 1. The Kier molecular flexibility index (Phi) is 5.89. The summed E-state index contributed by atoms with van der Waals surface area (Å²) in [4.78, 5) is 24.0. The van der Waals surface area contributed by atoms with Crippen molar-refractivity contribution in [3.63, 3.8) is 0 Å². The van der Waals surface area contributed by atoms with Crippen LogP contribution in [0.25, 0.3) is 0 Å². The van der Waals surface area contributed by atoms with Crippen molar-refractivity contribution in [2.24, 2.45) is 0 Å². The highest BCUT2D eigenvalue weighted by Gasteiger charge is 2.21. The van der Waals surface area contributed by atoms with E-state index >= 15 is 0 Å². The molecule has 0 radical (unpaired) electrons. The van der Waals surface area contributed by atoms with Gasteiger partial charge in [0.2, 0.25) is 0 Å². The van der Waals surface area contributed by atoms with Gasteiger partial charge < -0.3 is 14.7 Å². The van der Waals surface area contributed by atoms with E-state index in [1.54, 1.807) is 6.20 Å². The largest absolute Gasteiger partial charge is 0.368 e. The lowest BCUT2D eigenvalue weighted by Gasteiger charge is -2.34. The molecule has 5 heteroatoms. The summed E-state index contributed by atoms with van der Waals surface area (Å²) in [6.07, 6.45) is 3.54. The number of rotatable bonds is 5. The summed E-state index contributed by atoms with van der Waals surface area (Å²) in [7, 11) is 2.14. The Morgan fingerprint density at radius 3 is 2.46 bits per heavy atom. The van der Waals surface area contributed by atoms with Gasteiger partial charge in [0, 0.05) is 45.0 Å². The van der Waals surface area contributed by atoms with Crippen LogP contribution >= 0.6 is 0 Å². The predicted molar refractivity (Wildman–Crippen MR) is 105 cm³/mol. The summed E-state index contributed by atoms with van der Waals surface area (Å²) in [5, 5.41) is 0. The minimum atomic E-state index is 0.0346. The summed E-state index contributed by atoms with van der Waals surface area (Å²) >= 11 is 0. The summed E-state index contributed by atoms with van der Waals surface area (Å²) in [6, 6.07) is 12.2. The number of piperazine rings is 1. The van der Waals surface area contributed by atoms with Gasteiger partial charge in [-0.1, -0.05) is 30.3 Å². The highest BCUT2D eigenvalue weighted by atomic mass is 16.2. The van der Waals surface area contributed by atoms with Crippen molar-refractivity contribution in [3.8, 4) is 0 Å². The van der Waals surface area contributed by atoms with E-state index < -0.39 is 0 Å². The van der Waals surface area contributed by atoms with Gasteiger partial charge >= 0.3 is 0 Å². The van der Waals surface area contributed by atoms with Crippen molar-refractivity contribution in [1.29, 1.82) is 0 Å². The lowest BCUT2D eigenvalue weighted by molar-refractivity contribution is 0.0690. The van der Waals surface area contributed by atoms with Gasteiger partial charge in [-0.3, -0.25) is 9.78 Å². The van der Waals surface area contributed by atoms with Crippen LogP contribution in [0.3, 0.4) is 0 Å². The van der Waals surface area contributed by atoms with Gasteiger partial charge in [0.05, 0.1) is 17.4 Å². The fourth-order valence-electron chi connectivity index (χ4n) is 3.22. The van der Waals surface area contributed by atoms with Gasteiger partial charge in [0.1, 0.15) is 0 Å². The Labute approximate surface area is 156 Å². The lowest BCUT2D eigenvalue weighted by atomic mass is 10.1. The molecule has 3 rings (SSSR count). The third-order valence-electron chi connectivity index (χ3n) is 4.92. The zero-order valence-corrected chi connectivity index (χ0v) is 15.9. The van der Waals surface area contributed by atoms with E-state index in [9.17, 15) is 4.79 Å². The highest BCUT2D eigenvalue weighted by molar-refractivity contribution is 5.95. The van der Waals surface area contributed by atoms with Crippen LogP contribution in [0.2, 0.25) is 0 Å². The lowest BCUT2D eigenvalue weighted by Crippen LogP contribution is -2.44. The number of benzene rings is 1. The first-order chi connectivity index (χ1) is 12.5. The van der Waals surface area contributed by atoms with Crippen LogP contribution < -0.4 is 4.90 Å². The number of amides is 1. The molecule has 1 aromatic carbocycles. The minimum absolute atomic E-state index is 0.0346. The van der Waals surface area contributed by atoms with Gasteiger partial charge in [-0.05, 0) is 32.5 Å². The first kappa shape index (κ1) is 18.4. The molecule has 1 aliphatic rings. The molecule has 0 unspecified atom stereocenters. The summed E-state index contributed by atoms with van der Waals surface area (Å²) in [6.45, 7) is 8.71. The molecular weight excluding hydrogens is 324 g/mol. The highest BCUT2D eigenvalue weighted by Crippen LogP contribution is 2.19. The van der Waals surface area contributed by atoms with Gasteiger partial charge in [-0.25, -0.2) is 0 Å². The number of likely N-dealkylation sites (N-methyl/N-ethyl adjacent to an activating group) is 1. The molecule has 26 heavy (non-hydrogen) atoms. The van der Waals surface area contributed by atoms with Crippen molar-refractivity contribution in [3.05, 3.63) is 59.9 Å². The number of nitrogens with zero attached hydrogens (tertiary/aromatic N) is 4. The molecule has 5 nitrogen and oxygen atoms in total. The van der Waals surface area contributed by atoms with E-state index in [1.165, 1.54) is 0 Å². The molecule has 1 aromatic heterocycles. The monoisotopic (exact) mass is 352 g/mol. The first-order valence-electron chi connectivity index (χ1n) is 9.28. The molecule has 0 N–H and O–H groups in total. The van der Waals surface area contributed by atoms with Crippen LogP contribution in [0.4, 0.5) is 5.69 Å². The zero-order chi connectivity index (χ0) is 18.5. The molecule has 0 bridgehead atoms. The van der Waals surface area contributed by atoms with Crippen molar-refractivity contribution in [1.82, 2.24) is 14.8 Å². The number of pyridine rings is 1. The van der Waals surface area contributed by atoms with E-state index in [-0.39, 0.29) is 11.9 Å². The maximum absolute atomic E-state index is 13.1. The van der Waals surface area contributed by atoms with E-state index in [0.29, 0.717) is 12.1 Å². The Hall–Kier alpha value is -2.40. The normalized spacial score (nSPS) is 15.3. The van der Waals surface area contributed by atoms with Crippen LogP contribution in [-0.2, 0) is 6.54 Å². The average molecular weight is 352 g/mol. The Balaban J connectivity index is 1.78. The summed E-state index contributed by atoms with van der Waals surface area (Å²) in [5.41, 5.74) is 2.83. The average Bonchev–Trinajstić information content (AvgIpc) is 2.67. The van der Waals surface area contributed by atoms with Crippen LogP contribution in [0.15, 0.2) is 48.8 Å². The smallest absolute Gasteiger partial charge is 0.256 e. The van der Waals surface area contributed by atoms with Crippen molar-refractivity contribution < 1.29 is 4.79 Å². The standard InChI is InChI=1S/C21H28N4O/c1-17(2)25(16-18-7-5-4-6-8-18)21(26)19-13-20(15-22-14-19)24-11-9-23(3)10-12-24/h4-8,13-15,17H,9-12,16H2,1-3H3. The SMILES string of the molecule is CC(C)N(Cc1ccccc1)C(=O)c1cncc(N2CCN(C)CC2)c1. The van der Waals surface area contributed by atoms with E-state index in [0.717, 1.165) is 37.4 Å². The predicted octanol–water partition coefficient (Wildman–Crippen LogP) is 2.88. The maximum atomic E-state index is 13.1. The Morgan fingerprint density at radius 1 is 1.12 bits per heavy atom. The van der Waals surface area contributed by atoms with E-state index in [2.05, 4.69) is 47.8 Å². The molecule has 1 saturated heterocycles. The van der Waals surface area contributed by atoms with Gasteiger partial charge in [-0.15, -0.1) is 0 Å². The van der Waals surface area contributed by atoms with Crippen LogP contribution in [0.1, 0.15) is 29.8 Å². The molecule has 0 aliphatic carbocycles. The third-order valence-corrected chi connectivity index (χ3v) is 4.92. The Morgan fingerprint density at radius 2 is 1.81 bits per heavy atom. The first-order valence-corrected chi connectivity index (χ1v) is 9.28. The van der Waals surface area contributed by atoms with Crippen molar-refractivity contribution in [2.45, 2.75) is 26.4 Å². The molecule has 1 aliphatic heterocycles. The van der Waals surface area contributed by atoms with Crippen LogP contribution in [-0.4, -0.2) is 60.0 Å². The summed E-state index contributed by atoms with van der Waals surface area (Å²) in [5.74, 6) is 0.0346. The second-order valence-corrected chi connectivity index (χ2v) is 7.23. The third kappa shape index (κ3) is 4.41. The van der Waals surface area contributed by atoms with E-state index in [1.807, 2.05) is 35.4 Å². The molecule has 2 heterocycles. The molecule has 0 saturated carbocycles. The Bertz CT molecular complexity index is 724. The van der Waals surface area contributed by atoms with Crippen LogP contribution in [0.5, 0.6) is 0 Å². The van der Waals surface area contributed by atoms with Crippen molar-refractivity contribution in [2.75, 3.05) is 38.1 Å². The molecule has 0 spiro atoms. The second kappa shape index (κ2) is 8.32. The number of carbonyl (C=O) groups excluding carboxylic acids is 1. The molecule has 2 aromatic rings. The topological polar surface area (TPSA) is 39.7 Å². The van der Waals surface area contributed by atoms with E-state index in [4.69, 9.17) is 0 Å². The zero-order valence-electron chi connectivity index (χ0n) is 15.9. The summed E-state index contributed by atoms with van der Waals surface area (Å²) < 4.78 is 0. The second-order valence-electron chi connectivity index (χ2n) is 7.23. The molecular formula is C21H28N4O. The van der Waals surface area contributed by atoms with Crippen molar-refractivity contribution >= 4 is 11.6 Å². The fourth-order valence-corrected chi connectivity index (χ4v) is 3.22. The number of aromatic nitrogens is 1. The number of hydrogen-bond acceptors (Lipinski definition) is 4. The maximum Gasteiger partial charge on any atom is 0.256 e. The van der Waals surface area contributed by atoms with Crippen LogP contribution in [0, 0.1) is 0 Å². The minimum Gasteiger partial charge on any atom is -0.368 e. The van der Waals surface area contributed by atoms with Gasteiger partial charge in [0.25, 0.3) is 5.91 Å². The quantitative estimate of drug-likeness (QED) is 0.830.